The molecule has 0 amide bonds. The molecule has 0 bridgehead atoms. The van der Waals surface area contributed by atoms with Crippen molar-refractivity contribution in [2.45, 2.75) is 38.8 Å². The normalized spacial score (nSPS) is 17.2. The number of anilines is 1. The number of hydrogen-bond donors (Lipinski definition) is 0. The summed E-state index contributed by atoms with van der Waals surface area (Å²) >= 11 is 3.59. The molecule has 2 rings (SSSR count). The number of nitriles is 1. The van der Waals surface area contributed by atoms with E-state index in [-0.39, 0.29) is 0 Å². The van der Waals surface area contributed by atoms with E-state index in [0.717, 1.165) is 4.47 Å². The van der Waals surface area contributed by atoms with Gasteiger partial charge >= 0.3 is 0 Å². The molecule has 4 heteroatoms. The molecule has 1 aliphatic heterocycles. The Kier molecular flexibility index (Phi) is 5.06. The number of likely N-dealkylation sites (tertiary alicyclic amines) is 1. The SMILES string of the molecule is CC(C)N1CCC(N(C)c2ccc(C#N)cc2Br)CC1. The lowest BCUT2D eigenvalue weighted by molar-refractivity contribution is 0.171. The number of piperidine rings is 1. The van der Waals surface area contributed by atoms with E-state index < -0.39 is 0 Å². The monoisotopic (exact) mass is 335 g/mol. The van der Waals surface area contributed by atoms with Gasteiger partial charge in [0.1, 0.15) is 0 Å². The van der Waals surface area contributed by atoms with Crippen LogP contribution in [0.1, 0.15) is 32.3 Å². The minimum Gasteiger partial charge on any atom is -0.371 e. The van der Waals surface area contributed by atoms with Gasteiger partial charge < -0.3 is 9.80 Å². The third-order valence-corrected chi connectivity index (χ3v) is 4.87. The molecule has 20 heavy (non-hydrogen) atoms. The highest BCUT2D eigenvalue weighted by molar-refractivity contribution is 9.10. The standard InChI is InChI=1S/C16H22BrN3/c1-12(2)20-8-6-14(7-9-20)19(3)16-5-4-13(11-18)10-15(16)17/h4-5,10,12,14H,6-9H2,1-3H3. The second kappa shape index (κ2) is 6.60. The van der Waals surface area contributed by atoms with Crippen molar-refractivity contribution in [2.75, 3.05) is 25.0 Å². The summed E-state index contributed by atoms with van der Waals surface area (Å²) < 4.78 is 1.00. The second-order valence-corrected chi connectivity index (χ2v) is 6.60. The second-order valence-electron chi connectivity index (χ2n) is 5.75. The van der Waals surface area contributed by atoms with Gasteiger partial charge in [-0.15, -0.1) is 0 Å². The lowest BCUT2D eigenvalue weighted by Gasteiger charge is -2.39. The van der Waals surface area contributed by atoms with Gasteiger partial charge in [-0.25, -0.2) is 0 Å². The number of hydrogen-bond acceptors (Lipinski definition) is 3. The van der Waals surface area contributed by atoms with Crippen LogP contribution < -0.4 is 4.90 Å². The van der Waals surface area contributed by atoms with Gasteiger partial charge in [0.15, 0.2) is 0 Å². The summed E-state index contributed by atoms with van der Waals surface area (Å²) in [5.41, 5.74) is 1.87. The summed E-state index contributed by atoms with van der Waals surface area (Å²) in [7, 11) is 2.15. The van der Waals surface area contributed by atoms with E-state index in [0.29, 0.717) is 17.6 Å². The van der Waals surface area contributed by atoms with Crippen LogP contribution in [-0.2, 0) is 0 Å². The predicted molar refractivity (Wildman–Crippen MR) is 87.0 cm³/mol. The lowest BCUT2D eigenvalue weighted by Crippen LogP contribution is -2.45. The van der Waals surface area contributed by atoms with Crippen LogP contribution in [0.25, 0.3) is 0 Å². The summed E-state index contributed by atoms with van der Waals surface area (Å²) in [6.07, 6.45) is 2.39. The van der Waals surface area contributed by atoms with Gasteiger partial charge in [-0.05, 0) is 60.8 Å². The Morgan fingerprint density at radius 2 is 2.00 bits per heavy atom. The van der Waals surface area contributed by atoms with Crippen LogP contribution in [0.3, 0.4) is 0 Å². The summed E-state index contributed by atoms with van der Waals surface area (Å²) in [6, 6.07) is 9.22. The zero-order chi connectivity index (χ0) is 14.7. The maximum Gasteiger partial charge on any atom is 0.0992 e. The van der Waals surface area contributed by atoms with Crippen molar-refractivity contribution in [3.8, 4) is 6.07 Å². The zero-order valence-corrected chi connectivity index (χ0v) is 14.0. The van der Waals surface area contributed by atoms with E-state index in [4.69, 9.17) is 5.26 Å². The number of benzene rings is 1. The van der Waals surface area contributed by atoms with E-state index in [1.165, 1.54) is 31.6 Å². The van der Waals surface area contributed by atoms with Crippen molar-refractivity contribution in [3.05, 3.63) is 28.2 Å². The predicted octanol–water partition coefficient (Wildman–Crippen LogP) is 3.63. The van der Waals surface area contributed by atoms with Gasteiger partial charge in [-0.1, -0.05) is 0 Å². The first kappa shape index (κ1) is 15.3. The minimum atomic E-state index is 0.578. The van der Waals surface area contributed by atoms with Crippen molar-refractivity contribution in [1.29, 1.82) is 5.26 Å². The van der Waals surface area contributed by atoms with Crippen molar-refractivity contribution in [2.24, 2.45) is 0 Å². The molecule has 0 N–H and O–H groups in total. The quantitative estimate of drug-likeness (QED) is 0.844. The van der Waals surface area contributed by atoms with Crippen LogP contribution in [0.5, 0.6) is 0 Å². The Labute approximate surface area is 130 Å². The van der Waals surface area contributed by atoms with Crippen LogP contribution in [0.15, 0.2) is 22.7 Å². The molecule has 1 aromatic rings. The van der Waals surface area contributed by atoms with Crippen LogP contribution in [0, 0.1) is 11.3 Å². The third-order valence-electron chi connectivity index (χ3n) is 4.23. The Hall–Kier alpha value is -1.05. The summed E-state index contributed by atoms with van der Waals surface area (Å²) in [4.78, 5) is 4.89. The molecular formula is C16H22BrN3. The Balaban J connectivity index is 2.06. The van der Waals surface area contributed by atoms with Gasteiger partial charge in [0.2, 0.25) is 0 Å². The van der Waals surface area contributed by atoms with Crippen molar-refractivity contribution < 1.29 is 0 Å². The van der Waals surface area contributed by atoms with Crippen molar-refractivity contribution in [1.82, 2.24) is 4.90 Å². The number of halogens is 1. The average Bonchev–Trinajstić information content (AvgIpc) is 2.46. The maximum atomic E-state index is 8.93. The Bertz CT molecular complexity index is 499. The largest absolute Gasteiger partial charge is 0.371 e. The van der Waals surface area contributed by atoms with Crippen LogP contribution in [0.2, 0.25) is 0 Å². The molecule has 0 atom stereocenters. The fraction of sp³-hybridized carbons (Fsp3) is 0.562. The van der Waals surface area contributed by atoms with Crippen LogP contribution in [-0.4, -0.2) is 37.1 Å². The Morgan fingerprint density at radius 3 is 2.50 bits per heavy atom. The van der Waals surface area contributed by atoms with Crippen molar-refractivity contribution >= 4 is 21.6 Å². The van der Waals surface area contributed by atoms with Gasteiger partial charge in [0.25, 0.3) is 0 Å². The summed E-state index contributed by atoms with van der Waals surface area (Å²) in [6.45, 7) is 6.86. The van der Waals surface area contributed by atoms with E-state index in [1.807, 2.05) is 18.2 Å². The molecule has 0 saturated carbocycles. The molecule has 108 valence electrons. The molecule has 0 unspecified atom stereocenters. The van der Waals surface area contributed by atoms with E-state index in [2.05, 4.69) is 52.7 Å². The van der Waals surface area contributed by atoms with E-state index >= 15 is 0 Å². The minimum absolute atomic E-state index is 0.578. The topological polar surface area (TPSA) is 30.3 Å². The van der Waals surface area contributed by atoms with Crippen molar-refractivity contribution in [3.63, 3.8) is 0 Å². The molecule has 1 aromatic carbocycles. The van der Waals surface area contributed by atoms with E-state index in [9.17, 15) is 0 Å². The first-order valence-electron chi connectivity index (χ1n) is 7.19. The smallest absolute Gasteiger partial charge is 0.0992 e. The van der Waals surface area contributed by atoms with Crippen LogP contribution in [0.4, 0.5) is 5.69 Å². The van der Waals surface area contributed by atoms with Gasteiger partial charge in [-0.3, -0.25) is 0 Å². The third kappa shape index (κ3) is 3.34. The fourth-order valence-corrected chi connectivity index (χ4v) is 3.51. The molecule has 1 aliphatic rings. The number of rotatable bonds is 3. The molecule has 0 aliphatic carbocycles. The Morgan fingerprint density at radius 1 is 1.35 bits per heavy atom. The van der Waals surface area contributed by atoms with E-state index in [1.54, 1.807) is 0 Å². The molecule has 0 spiro atoms. The molecule has 3 nitrogen and oxygen atoms in total. The molecule has 0 radical (unpaired) electrons. The molecular weight excluding hydrogens is 314 g/mol. The summed E-state index contributed by atoms with van der Waals surface area (Å²) in [5, 5.41) is 8.93. The van der Waals surface area contributed by atoms with Gasteiger partial charge in [-0.2, -0.15) is 5.26 Å². The highest BCUT2D eigenvalue weighted by Gasteiger charge is 2.24. The lowest BCUT2D eigenvalue weighted by atomic mass is 10.0. The maximum absolute atomic E-state index is 8.93. The first-order valence-corrected chi connectivity index (χ1v) is 7.98. The van der Waals surface area contributed by atoms with Gasteiger partial charge in [0, 0.05) is 36.7 Å². The first-order chi connectivity index (χ1) is 9.52. The number of nitrogens with zero attached hydrogens (tertiary/aromatic N) is 3. The summed E-state index contributed by atoms with van der Waals surface area (Å²) in [5.74, 6) is 0. The zero-order valence-electron chi connectivity index (χ0n) is 12.4. The van der Waals surface area contributed by atoms with Gasteiger partial charge in [0.05, 0.1) is 17.3 Å². The average molecular weight is 336 g/mol. The highest BCUT2D eigenvalue weighted by atomic mass is 79.9. The molecule has 1 heterocycles. The molecule has 1 fully saturated rings. The molecule has 0 aromatic heterocycles. The fourth-order valence-electron chi connectivity index (χ4n) is 2.85. The highest BCUT2D eigenvalue weighted by Crippen LogP contribution is 2.30. The molecule has 1 saturated heterocycles. The van der Waals surface area contributed by atoms with Crippen LogP contribution >= 0.6 is 15.9 Å².